The van der Waals surface area contributed by atoms with Crippen molar-refractivity contribution in [2.75, 3.05) is 0 Å². The second kappa shape index (κ2) is 6.19. The van der Waals surface area contributed by atoms with E-state index in [1.165, 1.54) is 6.20 Å². The zero-order chi connectivity index (χ0) is 15.6. The van der Waals surface area contributed by atoms with Crippen LogP contribution in [0.25, 0.3) is 0 Å². The van der Waals surface area contributed by atoms with Gasteiger partial charge in [0, 0.05) is 12.7 Å². The second-order valence-electron chi connectivity index (χ2n) is 4.67. The summed E-state index contributed by atoms with van der Waals surface area (Å²) in [5.74, 6) is 0.654. The molecule has 0 aromatic carbocycles. The van der Waals surface area contributed by atoms with Crippen LogP contribution in [0.15, 0.2) is 11.2 Å². The van der Waals surface area contributed by atoms with Crippen molar-refractivity contribution in [3.63, 3.8) is 0 Å². The molecule has 0 aliphatic rings. The van der Waals surface area contributed by atoms with Gasteiger partial charge in [0.25, 0.3) is 10.0 Å². The number of imidazole rings is 1. The van der Waals surface area contributed by atoms with E-state index in [9.17, 15) is 8.42 Å². The average molecular weight is 318 g/mol. The van der Waals surface area contributed by atoms with Gasteiger partial charge >= 0.3 is 0 Å². The van der Waals surface area contributed by atoms with Crippen molar-refractivity contribution in [1.82, 2.24) is 14.3 Å². The van der Waals surface area contributed by atoms with Crippen LogP contribution in [0.4, 0.5) is 0 Å². The van der Waals surface area contributed by atoms with Gasteiger partial charge in [0.1, 0.15) is 5.82 Å². The number of hydrogen-bond donors (Lipinski definition) is 2. The number of thiocarbonyl (C=S) groups is 1. The van der Waals surface area contributed by atoms with Crippen LogP contribution >= 0.6 is 12.2 Å². The van der Waals surface area contributed by atoms with Crippen LogP contribution in [0.5, 0.6) is 0 Å². The molecule has 0 saturated carbocycles. The first-order valence-corrected chi connectivity index (χ1v) is 8.49. The summed E-state index contributed by atoms with van der Waals surface area (Å²) in [6, 6.07) is 0. The van der Waals surface area contributed by atoms with E-state index in [1.54, 1.807) is 11.5 Å². The molecule has 0 radical (unpaired) electrons. The number of nitrogens with zero attached hydrogens (tertiary/aromatic N) is 2. The summed E-state index contributed by atoms with van der Waals surface area (Å²) < 4.78 is 29.3. The van der Waals surface area contributed by atoms with Gasteiger partial charge in [-0.15, -0.1) is 0 Å². The largest absolute Gasteiger partial charge is 0.392 e. The fourth-order valence-electron chi connectivity index (χ4n) is 2.03. The van der Waals surface area contributed by atoms with Crippen molar-refractivity contribution >= 4 is 27.2 Å². The predicted molar refractivity (Wildman–Crippen MR) is 83.1 cm³/mol. The van der Waals surface area contributed by atoms with Crippen molar-refractivity contribution in [3.05, 3.63) is 12.0 Å². The maximum Gasteiger partial charge on any atom is 0.260 e. The number of nitrogens with two attached hydrogens (primary N) is 1. The molecule has 1 rings (SSSR count). The molecular formula is C12H22N4O2S2. The van der Waals surface area contributed by atoms with Crippen LogP contribution in [0.2, 0.25) is 0 Å². The first kappa shape index (κ1) is 17.1. The highest BCUT2D eigenvalue weighted by Gasteiger charge is 2.36. The van der Waals surface area contributed by atoms with Gasteiger partial charge in [-0.05, 0) is 26.7 Å². The molecule has 1 aromatic heterocycles. The fraction of sp³-hybridized carbons (Fsp3) is 0.667. The van der Waals surface area contributed by atoms with Gasteiger partial charge < -0.3 is 10.3 Å². The van der Waals surface area contributed by atoms with Gasteiger partial charge in [0.15, 0.2) is 5.03 Å². The van der Waals surface area contributed by atoms with Gasteiger partial charge in [0.2, 0.25) is 0 Å². The van der Waals surface area contributed by atoms with Crippen molar-refractivity contribution in [2.45, 2.75) is 57.6 Å². The lowest BCUT2D eigenvalue weighted by atomic mass is 9.94. The monoisotopic (exact) mass is 318 g/mol. The average Bonchev–Trinajstić information content (AvgIpc) is 2.77. The molecule has 0 aliphatic heterocycles. The molecular weight excluding hydrogens is 296 g/mol. The molecule has 0 amide bonds. The highest BCUT2D eigenvalue weighted by Crippen LogP contribution is 2.20. The van der Waals surface area contributed by atoms with E-state index >= 15 is 0 Å². The van der Waals surface area contributed by atoms with Crippen LogP contribution in [0.1, 0.15) is 39.4 Å². The van der Waals surface area contributed by atoms with E-state index < -0.39 is 15.6 Å². The lowest BCUT2D eigenvalue weighted by molar-refractivity contribution is 0.464. The van der Waals surface area contributed by atoms with Gasteiger partial charge in [-0.3, -0.25) is 0 Å². The Morgan fingerprint density at radius 3 is 2.35 bits per heavy atom. The van der Waals surface area contributed by atoms with Crippen LogP contribution in [0, 0.1) is 6.92 Å². The third kappa shape index (κ3) is 3.18. The SMILES string of the molecule is CCn1cc(S(=O)(=O)NC(CC)(CC)C(N)=S)nc1C. The molecule has 0 saturated heterocycles. The topological polar surface area (TPSA) is 90.0 Å². The van der Waals surface area contributed by atoms with Crippen molar-refractivity contribution in [1.29, 1.82) is 0 Å². The van der Waals surface area contributed by atoms with Gasteiger partial charge in [-0.25, -0.2) is 13.4 Å². The minimum atomic E-state index is -3.75. The zero-order valence-electron chi connectivity index (χ0n) is 12.3. The number of nitrogens with one attached hydrogen (secondary N) is 1. The number of rotatable bonds is 7. The second-order valence-corrected chi connectivity index (χ2v) is 6.74. The Bertz CT molecular complexity index is 589. The quantitative estimate of drug-likeness (QED) is 0.740. The third-order valence-electron chi connectivity index (χ3n) is 3.58. The summed E-state index contributed by atoms with van der Waals surface area (Å²) in [4.78, 5) is 4.24. The van der Waals surface area contributed by atoms with E-state index in [2.05, 4.69) is 9.71 Å². The normalized spacial score (nSPS) is 12.6. The summed E-state index contributed by atoms with van der Waals surface area (Å²) in [6.45, 7) is 8.05. The first-order valence-electron chi connectivity index (χ1n) is 6.60. The van der Waals surface area contributed by atoms with Crippen molar-refractivity contribution in [3.8, 4) is 0 Å². The summed E-state index contributed by atoms with van der Waals surface area (Å²) >= 11 is 5.02. The Hall–Kier alpha value is -0.990. The summed E-state index contributed by atoms with van der Waals surface area (Å²) in [5, 5.41) is -0.000579. The minimum Gasteiger partial charge on any atom is -0.392 e. The number of hydrogen-bond acceptors (Lipinski definition) is 4. The molecule has 114 valence electrons. The lowest BCUT2D eigenvalue weighted by Crippen LogP contribution is -2.55. The molecule has 1 heterocycles. The van der Waals surface area contributed by atoms with Crippen LogP contribution < -0.4 is 10.5 Å². The van der Waals surface area contributed by atoms with E-state index in [1.807, 2.05) is 20.8 Å². The van der Waals surface area contributed by atoms with E-state index in [-0.39, 0.29) is 10.0 Å². The number of aromatic nitrogens is 2. The molecule has 3 N–H and O–H groups in total. The Kier molecular flexibility index (Phi) is 5.28. The van der Waals surface area contributed by atoms with E-state index in [0.29, 0.717) is 25.2 Å². The lowest BCUT2D eigenvalue weighted by Gasteiger charge is -2.30. The molecule has 0 bridgehead atoms. The molecule has 6 nitrogen and oxygen atoms in total. The summed E-state index contributed by atoms with van der Waals surface area (Å²) in [7, 11) is -3.75. The molecule has 20 heavy (non-hydrogen) atoms. The Labute approximate surface area is 125 Å². The van der Waals surface area contributed by atoms with Crippen LogP contribution in [0.3, 0.4) is 0 Å². The van der Waals surface area contributed by atoms with E-state index in [0.717, 1.165) is 0 Å². The maximum absolute atomic E-state index is 12.4. The fourth-order valence-corrected chi connectivity index (χ4v) is 3.97. The molecule has 0 fully saturated rings. The van der Waals surface area contributed by atoms with Gasteiger partial charge in [0.05, 0.1) is 10.5 Å². The zero-order valence-corrected chi connectivity index (χ0v) is 13.9. The molecule has 0 atom stereocenters. The first-order chi connectivity index (χ1) is 9.22. The smallest absolute Gasteiger partial charge is 0.260 e. The van der Waals surface area contributed by atoms with Crippen molar-refractivity contribution < 1.29 is 8.42 Å². The molecule has 8 heteroatoms. The van der Waals surface area contributed by atoms with Crippen LogP contribution in [-0.2, 0) is 16.6 Å². The Balaban J connectivity index is 3.19. The predicted octanol–water partition coefficient (Wildman–Crippen LogP) is 1.33. The van der Waals surface area contributed by atoms with Crippen molar-refractivity contribution in [2.24, 2.45) is 5.73 Å². The Morgan fingerprint density at radius 1 is 1.45 bits per heavy atom. The number of aryl methyl sites for hydroxylation is 2. The summed E-state index contributed by atoms with van der Waals surface area (Å²) in [6.07, 6.45) is 2.50. The standard InChI is InChI=1S/C12H22N4O2S2/c1-5-12(6-2,11(13)19)15-20(17,18)10-8-16(7-3)9(4)14-10/h8,15H,5-7H2,1-4H3,(H2,13,19). The molecule has 1 aromatic rings. The minimum absolute atomic E-state index is 0.000579. The summed E-state index contributed by atoms with van der Waals surface area (Å²) in [5.41, 5.74) is 4.81. The molecule has 0 spiro atoms. The van der Waals surface area contributed by atoms with Gasteiger partial charge in [-0.2, -0.15) is 4.72 Å². The van der Waals surface area contributed by atoms with E-state index in [4.69, 9.17) is 18.0 Å². The maximum atomic E-state index is 12.4. The third-order valence-corrected chi connectivity index (χ3v) is 5.38. The highest BCUT2D eigenvalue weighted by molar-refractivity contribution is 7.89. The Morgan fingerprint density at radius 2 is 2.00 bits per heavy atom. The molecule has 0 aliphatic carbocycles. The number of sulfonamides is 1. The van der Waals surface area contributed by atoms with Gasteiger partial charge in [-0.1, -0.05) is 26.1 Å². The van der Waals surface area contributed by atoms with Crippen LogP contribution in [-0.4, -0.2) is 28.5 Å². The molecule has 0 unspecified atom stereocenters. The highest BCUT2D eigenvalue weighted by atomic mass is 32.2.